The minimum absolute atomic E-state index is 0.828. The van der Waals surface area contributed by atoms with Crippen molar-refractivity contribution in [1.29, 1.82) is 0 Å². The van der Waals surface area contributed by atoms with Crippen LogP contribution in [0.1, 0.15) is 5.56 Å². The van der Waals surface area contributed by atoms with Gasteiger partial charge in [0.2, 0.25) is 0 Å². The third-order valence-electron chi connectivity index (χ3n) is 1.24. The van der Waals surface area contributed by atoms with Crippen LogP contribution in [0.15, 0.2) is 17.2 Å². The summed E-state index contributed by atoms with van der Waals surface area (Å²) in [5.74, 6) is 0.828. The molecule has 0 aliphatic carbocycles. The van der Waals surface area contributed by atoms with Crippen LogP contribution < -0.4 is 5.32 Å². The molecular formula is C7H10N2S. The Morgan fingerprint density at radius 1 is 1.60 bits per heavy atom. The molecule has 0 saturated carbocycles. The Hall–Kier alpha value is -0.700. The molecule has 0 aromatic carbocycles. The van der Waals surface area contributed by atoms with Crippen LogP contribution in [-0.4, -0.2) is 12.0 Å². The lowest BCUT2D eigenvalue weighted by atomic mass is 10.3. The quantitative estimate of drug-likeness (QED) is 0.602. The zero-order chi connectivity index (χ0) is 7.56. The first kappa shape index (κ1) is 7.41. The number of thiol groups is 1. The van der Waals surface area contributed by atoms with Gasteiger partial charge >= 0.3 is 0 Å². The molecule has 0 amide bonds. The van der Waals surface area contributed by atoms with Crippen molar-refractivity contribution < 1.29 is 0 Å². The van der Waals surface area contributed by atoms with Gasteiger partial charge in [-0.1, -0.05) is 0 Å². The van der Waals surface area contributed by atoms with Crippen molar-refractivity contribution in [2.75, 3.05) is 12.4 Å². The van der Waals surface area contributed by atoms with Crippen molar-refractivity contribution in [3.05, 3.63) is 17.8 Å². The van der Waals surface area contributed by atoms with Gasteiger partial charge in [-0.05, 0) is 18.6 Å². The molecule has 1 aromatic rings. The first-order valence-electron chi connectivity index (χ1n) is 3.07. The number of anilines is 1. The van der Waals surface area contributed by atoms with E-state index in [2.05, 4.69) is 22.9 Å². The largest absolute Gasteiger partial charge is 0.372 e. The number of aromatic nitrogens is 1. The van der Waals surface area contributed by atoms with E-state index in [0.717, 1.165) is 16.3 Å². The van der Waals surface area contributed by atoms with Gasteiger partial charge in [0.05, 0.1) is 0 Å². The normalized spacial score (nSPS) is 9.50. The van der Waals surface area contributed by atoms with Gasteiger partial charge in [-0.15, -0.1) is 12.6 Å². The Kier molecular flexibility index (Phi) is 2.17. The van der Waals surface area contributed by atoms with Gasteiger partial charge < -0.3 is 5.32 Å². The van der Waals surface area contributed by atoms with E-state index in [0.29, 0.717) is 0 Å². The molecule has 10 heavy (non-hydrogen) atoms. The standard InChI is InChI=1S/C7H10N2S/c1-5-3-6(10)7(8-2)9-4-5/h3-4,10H,1-2H3,(H,8,9). The summed E-state index contributed by atoms with van der Waals surface area (Å²) >= 11 is 4.22. The predicted octanol–water partition coefficient (Wildman–Crippen LogP) is 1.72. The molecule has 0 radical (unpaired) electrons. The maximum Gasteiger partial charge on any atom is 0.139 e. The van der Waals surface area contributed by atoms with Crippen molar-refractivity contribution in [2.45, 2.75) is 11.8 Å². The topological polar surface area (TPSA) is 24.9 Å². The van der Waals surface area contributed by atoms with Crippen LogP contribution in [0.3, 0.4) is 0 Å². The average Bonchev–Trinajstić information content (AvgIpc) is 1.88. The van der Waals surface area contributed by atoms with Crippen molar-refractivity contribution in [2.24, 2.45) is 0 Å². The fourth-order valence-corrected chi connectivity index (χ4v) is 1.12. The molecule has 3 heteroatoms. The summed E-state index contributed by atoms with van der Waals surface area (Å²) in [7, 11) is 1.83. The summed E-state index contributed by atoms with van der Waals surface area (Å²) < 4.78 is 0. The van der Waals surface area contributed by atoms with Gasteiger partial charge in [-0.25, -0.2) is 4.98 Å². The highest BCUT2D eigenvalue weighted by atomic mass is 32.1. The van der Waals surface area contributed by atoms with E-state index in [9.17, 15) is 0 Å². The van der Waals surface area contributed by atoms with Crippen molar-refractivity contribution in [3.8, 4) is 0 Å². The van der Waals surface area contributed by atoms with Crippen LogP contribution in [0.2, 0.25) is 0 Å². The number of hydrogen-bond donors (Lipinski definition) is 2. The monoisotopic (exact) mass is 154 g/mol. The minimum atomic E-state index is 0.828. The van der Waals surface area contributed by atoms with Crippen LogP contribution in [0, 0.1) is 6.92 Å². The third-order valence-corrected chi connectivity index (χ3v) is 1.58. The molecule has 0 aliphatic heterocycles. The maximum atomic E-state index is 4.22. The van der Waals surface area contributed by atoms with Crippen molar-refractivity contribution >= 4 is 18.4 Å². The number of rotatable bonds is 1. The van der Waals surface area contributed by atoms with E-state index in [1.165, 1.54) is 0 Å². The summed E-state index contributed by atoms with van der Waals surface area (Å²) in [5.41, 5.74) is 1.13. The number of aryl methyl sites for hydroxylation is 1. The Bertz CT molecular complexity index is 235. The molecule has 0 unspecified atom stereocenters. The smallest absolute Gasteiger partial charge is 0.139 e. The van der Waals surface area contributed by atoms with E-state index >= 15 is 0 Å². The molecule has 1 N–H and O–H groups in total. The first-order valence-corrected chi connectivity index (χ1v) is 3.52. The van der Waals surface area contributed by atoms with E-state index < -0.39 is 0 Å². The van der Waals surface area contributed by atoms with E-state index in [1.807, 2.05) is 26.2 Å². The second-order valence-electron chi connectivity index (χ2n) is 2.13. The molecule has 0 saturated heterocycles. The molecule has 0 fully saturated rings. The van der Waals surface area contributed by atoms with Gasteiger partial charge in [-0.2, -0.15) is 0 Å². The van der Waals surface area contributed by atoms with E-state index in [1.54, 1.807) is 0 Å². The summed E-state index contributed by atoms with van der Waals surface area (Å²) in [6, 6.07) is 1.97. The van der Waals surface area contributed by atoms with Gasteiger partial charge in [0.15, 0.2) is 0 Å². The molecule has 1 aromatic heterocycles. The van der Waals surface area contributed by atoms with Crippen LogP contribution in [-0.2, 0) is 0 Å². The van der Waals surface area contributed by atoms with Gasteiger partial charge in [-0.3, -0.25) is 0 Å². The number of nitrogens with one attached hydrogen (secondary N) is 1. The Morgan fingerprint density at radius 3 is 2.80 bits per heavy atom. The van der Waals surface area contributed by atoms with Crippen molar-refractivity contribution in [3.63, 3.8) is 0 Å². The van der Waals surface area contributed by atoms with Gasteiger partial charge in [0, 0.05) is 18.1 Å². The second-order valence-corrected chi connectivity index (χ2v) is 2.61. The Labute approximate surface area is 66.1 Å². The molecule has 54 valence electrons. The highest BCUT2D eigenvalue weighted by molar-refractivity contribution is 7.80. The lowest BCUT2D eigenvalue weighted by molar-refractivity contribution is 1.18. The predicted molar refractivity (Wildman–Crippen MR) is 45.8 cm³/mol. The SMILES string of the molecule is CNc1ncc(C)cc1S. The van der Waals surface area contributed by atoms with Crippen LogP contribution in [0.5, 0.6) is 0 Å². The number of hydrogen-bond acceptors (Lipinski definition) is 3. The summed E-state index contributed by atoms with van der Waals surface area (Å²) in [6.45, 7) is 1.99. The second kappa shape index (κ2) is 2.92. The van der Waals surface area contributed by atoms with Crippen LogP contribution in [0.25, 0.3) is 0 Å². The lowest BCUT2D eigenvalue weighted by Gasteiger charge is -2.01. The highest BCUT2D eigenvalue weighted by Crippen LogP contribution is 2.16. The summed E-state index contributed by atoms with van der Waals surface area (Å²) in [6.07, 6.45) is 1.81. The first-order chi connectivity index (χ1) is 4.74. The zero-order valence-corrected chi connectivity index (χ0v) is 6.94. The molecule has 0 spiro atoms. The Balaban J connectivity index is 3.07. The molecular weight excluding hydrogens is 144 g/mol. The van der Waals surface area contributed by atoms with Gasteiger partial charge in [0.1, 0.15) is 5.82 Å². The number of nitrogens with zero attached hydrogens (tertiary/aromatic N) is 1. The van der Waals surface area contributed by atoms with E-state index in [-0.39, 0.29) is 0 Å². The highest BCUT2D eigenvalue weighted by Gasteiger charge is 1.95. The molecule has 1 heterocycles. The summed E-state index contributed by atoms with van der Waals surface area (Å²) in [4.78, 5) is 5.00. The molecule has 2 nitrogen and oxygen atoms in total. The molecule has 0 bridgehead atoms. The fraction of sp³-hybridized carbons (Fsp3) is 0.286. The fourth-order valence-electron chi connectivity index (χ4n) is 0.746. The zero-order valence-electron chi connectivity index (χ0n) is 6.05. The third kappa shape index (κ3) is 1.42. The summed E-state index contributed by atoms with van der Waals surface area (Å²) in [5, 5.41) is 2.93. The lowest BCUT2D eigenvalue weighted by Crippen LogP contribution is -1.93. The molecule has 0 aliphatic rings. The Morgan fingerprint density at radius 2 is 2.30 bits per heavy atom. The maximum absolute atomic E-state index is 4.22. The van der Waals surface area contributed by atoms with E-state index in [4.69, 9.17) is 0 Å². The molecule has 0 atom stereocenters. The minimum Gasteiger partial charge on any atom is -0.372 e. The number of pyridine rings is 1. The van der Waals surface area contributed by atoms with Gasteiger partial charge in [0.25, 0.3) is 0 Å². The van der Waals surface area contributed by atoms with Crippen LogP contribution in [0.4, 0.5) is 5.82 Å². The average molecular weight is 154 g/mol. The van der Waals surface area contributed by atoms with Crippen LogP contribution >= 0.6 is 12.6 Å². The molecule has 1 rings (SSSR count). The van der Waals surface area contributed by atoms with Crippen molar-refractivity contribution in [1.82, 2.24) is 4.98 Å².